The van der Waals surface area contributed by atoms with Crippen LogP contribution in [-0.4, -0.2) is 63.5 Å². The highest BCUT2D eigenvalue weighted by molar-refractivity contribution is 5.74. The molecule has 0 bridgehead atoms. The summed E-state index contributed by atoms with van der Waals surface area (Å²) in [5, 5.41) is 6.97. The number of amides is 2. The second kappa shape index (κ2) is 14.2. The molecule has 6 heteroatoms. The van der Waals surface area contributed by atoms with Gasteiger partial charge in [-0.15, -0.1) is 0 Å². The Morgan fingerprint density at radius 2 is 1.97 bits per heavy atom. The second-order valence-electron chi connectivity index (χ2n) is 11.2. The summed E-state index contributed by atoms with van der Waals surface area (Å²) in [5.41, 5.74) is 1.62. The summed E-state index contributed by atoms with van der Waals surface area (Å²) in [6.07, 6.45) is 7.65. The highest BCUT2D eigenvalue weighted by atomic mass is 16.5. The first-order valence-corrected chi connectivity index (χ1v) is 13.9. The van der Waals surface area contributed by atoms with E-state index in [9.17, 15) is 4.79 Å². The van der Waals surface area contributed by atoms with E-state index in [0.717, 1.165) is 51.9 Å². The van der Waals surface area contributed by atoms with Crippen molar-refractivity contribution in [1.29, 1.82) is 0 Å². The normalized spacial score (nSPS) is 23.0. The Bertz CT molecular complexity index is 742. The third kappa shape index (κ3) is 9.07. The summed E-state index contributed by atoms with van der Waals surface area (Å²) in [7, 11) is 1.73. The number of likely N-dealkylation sites (tertiary alicyclic amines) is 1. The molecule has 4 atom stereocenters. The molecule has 2 aliphatic rings. The lowest BCUT2D eigenvalue weighted by Crippen LogP contribution is -2.52. The van der Waals surface area contributed by atoms with Crippen molar-refractivity contribution in [3.05, 3.63) is 35.9 Å². The molecule has 1 saturated heterocycles. The Kier molecular flexibility index (Phi) is 11.3. The minimum atomic E-state index is 0.00225. The number of unbranched alkanes of at least 4 members (excludes halogenated alkanes) is 1. The number of ether oxygens (including phenoxy) is 2. The largest absolute Gasteiger partial charge is 0.385 e. The van der Waals surface area contributed by atoms with Crippen molar-refractivity contribution < 1.29 is 14.3 Å². The maximum atomic E-state index is 13.4. The van der Waals surface area contributed by atoms with Crippen LogP contribution in [0.5, 0.6) is 0 Å². The molecule has 0 spiro atoms. The SMILES string of the molecule is CCCCNC[C@H](CC1CC1(C)C)NC(=O)N1CCC[C@@H]([C@@H](OCCCOC)c2ccccc2)C1. The quantitative estimate of drug-likeness (QED) is 0.325. The zero-order valence-corrected chi connectivity index (χ0v) is 22.6. The lowest BCUT2D eigenvalue weighted by Gasteiger charge is -2.38. The van der Waals surface area contributed by atoms with Crippen molar-refractivity contribution >= 4 is 6.03 Å². The molecule has 2 amide bonds. The van der Waals surface area contributed by atoms with Gasteiger partial charge in [-0.05, 0) is 62.0 Å². The van der Waals surface area contributed by atoms with Gasteiger partial charge in [-0.3, -0.25) is 0 Å². The van der Waals surface area contributed by atoms with Crippen molar-refractivity contribution in [1.82, 2.24) is 15.5 Å². The molecule has 6 nitrogen and oxygen atoms in total. The highest BCUT2D eigenvalue weighted by Gasteiger charge is 2.46. The van der Waals surface area contributed by atoms with Crippen molar-refractivity contribution in [3.8, 4) is 0 Å². The van der Waals surface area contributed by atoms with Crippen LogP contribution >= 0.6 is 0 Å². The van der Waals surface area contributed by atoms with Gasteiger partial charge in [0.1, 0.15) is 0 Å². The molecule has 2 N–H and O–H groups in total. The van der Waals surface area contributed by atoms with Crippen LogP contribution in [0.3, 0.4) is 0 Å². The zero-order valence-electron chi connectivity index (χ0n) is 22.6. The first kappa shape index (κ1) is 27.9. The molecular formula is C29H49N3O3. The minimum Gasteiger partial charge on any atom is -0.385 e. The van der Waals surface area contributed by atoms with E-state index in [0.29, 0.717) is 30.5 Å². The Hall–Kier alpha value is -1.63. The van der Waals surface area contributed by atoms with Crippen molar-refractivity contribution in [2.75, 3.05) is 46.5 Å². The first-order chi connectivity index (χ1) is 16.9. The fourth-order valence-corrected chi connectivity index (χ4v) is 5.36. The highest BCUT2D eigenvalue weighted by Crippen LogP contribution is 2.54. The maximum Gasteiger partial charge on any atom is 0.317 e. The molecule has 0 radical (unpaired) electrons. The standard InChI is InChI=1S/C29H49N3O3/c1-5-6-15-30-21-26(19-25-20-29(25,2)3)31-28(33)32-16-10-14-24(22-32)27(35-18-11-17-34-4)23-12-8-7-9-13-23/h7-9,12-13,24-27,30H,5-6,10-11,14-22H2,1-4H3,(H,31,33)/t24-,25?,26+,27+/m1/s1. The van der Waals surface area contributed by atoms with Crippen molar-refractivity contribution in [2.45, 2.75) is 77.9 Å². The van der Waals surface area contributed by atoms with Crippen LogP contribution in [0, 0.1) is 17.3 Å². The third-order valence-electron chi connectivity index (χ3n) is 7.80. The summed E-state index contributed by atoms with van der Waals surface area (Å²) in [6, 6.07) is 10.8. The van der Waals surface area contributed by atoms with Gasteiger partial charge in [0.05, 0.1) is 6.10 Å². The lowest BCUT2D eigenvalue weighted by atomic mass is 9.88. The van der Waals surface area contributed by atoms with Gasteiger partial charge in [-0.1, -0.05) is 57.5 Å². The average molecular weight is 488 g/mol. The van der Waals surface area contributed by atoms with Gasteiger partial charge >= 0.3 is 6.03 Å². The number of carbonyl (C=O) groups excluding carboxylic acids is 1. The summed E-state index contributed by atoms with van der Waals surface area (Å²) in [5.74, 6) is 1.00. The van der Waals surface area contributed by atoms with E-state index in [1.54, 1.807) is 7.11 Å². The third-order valence-corrected chi connectivity index (χ3v) is 7.80. The fraction of sp³-hybridized carbons (Fsp3) is 0.759. The topological polar surface area (TPSA) is 62.8 Å². The molecular weight excluding hydrogens is 438 g/mol. The molecule has 1 aliphatic heterocycles. The van der Waals surface area contributed by atoms with Gasteiger partial charge in [0.15, 0.2) is 0 Å². The summed E-state index contributed by atoms with van der Waals surface area (Å²) in [6.45, 7) is 11.7. The number of piperidine rings is 1. The van der Waals surface area contributed by atoms with Gasteiger partial charge in [-0.25, -0.2) is 4.79 Å². The molecule has 3 rings (SSSR count). The Balaban J connectivity index is 1.59. The Morgan fingerprint density at radius 1 is 1.20 bits per heavy atom. The molecule has 2 fully saturated rings. The van der Waals surface area contributed by atoms with E-state index in [-0.39, 0.29) is 18.2 Å². The molecule has 1 saturated carbocycles. The molecule has 1 heterocycles. The van der Waals surface area contributed by atoms with E-state index in [4.69, 9.17) is 9.47 Å². The van der Waals surface area contributed by atoms with E-state index in [1.807, 2.05) is 11.0 Å². The number of hydrogen-bond donors (Lipinski definition) is 2. The van der Waals surface area contributed by atoms with Gasteiger partial charge < -0.3 is 25.0 Å². The molecule has 1 aliphatic carbocycles. The average Bonchev–Trinajstić information content (AvgIpc) is 3.47. The number of hydrogen-bond acceptors (Lipinski definition) is 4. The number of methoxy groups -OCH3 is 1. The molecule has 1 aromatic rings. The molecule has 198 valence electrons. The summed E-state index contributed by atoms with van der Waals surface area (Å²) in [4.78, 5) is 15.4. The van der Waals surface area contributed by atoms with Crippen LogP contribution < -0.4 is 10.6 Å². The first-order valence-electron chi connectivity index (χ1n) is 13.9. The van der Waals surface area contributed by atoms with Crippen molar-refractivity contribution in [3.63, 3.8) is 0 Å². The number of nitrogens with one attached hydrogen (secondary N) is 2. The van der Waals surface area contributed by atoms with Gasteiger partial charge in [0, 0.05) is 51.9 Å². The van der Waals surface area contributed by atoms with Crippen molar-refractivity contribution in [2.24, 2.45) is 17.3 Å². The number of rotatable bonds is 15. The predicted octanol–water partition coefficient (Wildman–Crippen LogP) is 5.40. The van der Waals surface area contributed by atoms with Gasteiger partial charge in [-0.2, -0.15) is 0 Å². The van der Waals surface area contributed by atoms with E-state index >= 15 is 0 Å². The lowest BCUT2D eigenvalue weighted by molar-refractivity contribution is -0.0167. The van der Waals surface area contributed by atoms with Crippen LogP contribution in [0.1, 0.15) is 77.4 Å². The van der Waals surface area contributed by atoms with Crippen LogP contribution in [0.4, 0.5) is 4.79 Å². The van der Waals surface area contributed by atoms with Crippen LogP contribution in [0.25, 0.3) is 0 Å². The van der Waals surface area contributed by atoms with E-state index in [1.165, 1.54) is 24.8 Å². The predicted molar refractivity (Wildman–Crippen MR) is 143 cm³/mol. The van der Waals surface area contributed by atoms with Crippen LogP contribution in [0.15, 0.2) is 30.3 Å². The maximum absolute atomic E-state index is 13.4. The van der Waals surface area contributed by atoms with E-state index < -0.39 is 0 Å². The monoisotopic (exact) mass is 487 g/mol. The van der Waals surface area contributed by atoms with Gasteiger partial charge in [0.25, 0.3) is 0 Å². The molecule has 0 aromatic heterocycles. The van der Waals surface area contributed by atoms with Crippen LogP contribution in [0.2, 0.25) is 0 Å². The Morgan fingerprint density at radius 3 is 2.66 bits per heavy atom. The zero-order chi connectivity index (χ0) is 25.1. The van der Waals surface area contributed by atoms with Crippen LogP contribution in [-0.2, 0) is 9.47 Å². The number of urea groups is 1. The number of carbonyl (C=O) groups is 1. The number of nitrogens with zero attached hydrogens (tertiary/aromatic N) is 1. The number of benzene rings is 1. The second-order valence-corrected chi connectivity index (χ2v) is 11.2. The summed E-state index contributed by atoms with van der Waals surface area (Å²) >= 11 is 0. The van der Waals surface area contributed by atoms with Gasteiger partial charge in [0.2, 0.25) is 0 Å². The minimum absolute atomic E-state index is 0.00225. The Labute approximate surface area is 213 Å². The smallest absolute Gasteiger partial charge is 0.317 e. The fourth-order valence-electron chi connectivity index (χ4n) is 5.36. The molecule has 1 unspecified atom stereocenters. The summed E-state index contributed by atoms with van der Waals surface area (Å²) < 4.78 is 11.6. The molecule has 35 heavy (non-hydrogen) atoms. The van der Waals surface area contributed by atoms with E-state index in [2.05, 4.69) is 55.7 Å². The molecule has 1 aromatic carbocycles.